The van der Waals surface area contributed by atoms with E-state index in [0.717, 1.165) is 51.4 Å². The van der Waals surface area contributed by atoms with E-state index in [1.54, 1.807) is 6.08 Å². The molecule has 0 bridgehead atoms. The smallest absolute Gasteiger partial charge is 0.387 e. The van der Waals surface area contributed by atoms with Crippen LogP contribution in [0.15, 0.2) is 60.8 Å². The number of unbranched alkanes of at least 4 members (excludes halogenated alkanes) is 22. The van der Waals surface area contributed by atoms with Crippen LogP contribution in [0.25, 0.3) is 0 Å². The highest BCUT2D eigenvalue weighted by Crippen LogP contribution is 2.43. The van der Waals surface area contributed by atoms with Crippen LogP contribution < -0.4 is 5.32 Å². The lowest BCUT2D eigenvalue weighted by Crippen LogP contribution is -2.45. The molecule has 0 radical (unpaired) electrons. The first-order valence-corrected chi connectivity index (χ1v) is 25.7. The van der Waals surface area contributed by atoms with Crippen molar-refractivity contribution in [3.05, 3.63) is 60.8 Å². The van der Waals surface area contributed by atoms with Crippen molar-refractivity contribution in [1.82, 2.24) is 5.32 Å². The minimum absolute atomic E-state index is 0.0512. The van der Waals surface area contributed by atoms with Crippen LogP contribution in [-0.2, 0) is 18.4 Å². The van der Waals surface area contributed by atoms with Gasteiger partial charge in [0.25, 0.3) is 0 Å². The van der Waals surface area contributed by atoms with Gasteiger partial charge in [-0.05, 0) is 77.0 Å². The van der Waals surface area contributed by atoms with Crippen molar-refractivity contribution in [2.24, 2.45) is 0 Å². The molecule has 3 atom stereocenters. The Hall–Kier alpha value is -1.80. The van der Waals surface area contributed by atoms with Crippen molar-refractivity contribution < 1.29 is 32.9 Å². The molecule has 0 aliphatic heterocycles. The minimum atomic E-state index is -4.35. The first kappa shape index (κ1) is 57.2. The summed E-state index contributed by atoms with van der Waals surface area (Å²) in [6.07, 6.45) is 54.4. The number of phosphoric ester groups is 1. The van der Waals surface area contributed by atoms with Gasteiger partial charge in [0.05, 0.1) is 39.9 Å². The number of nitrogens with one attached hydrogen (secondary N) is 1. The SMILES string of the molecule is CCCCCC/C=C/CC/C=C/CC/C=C/C(O)C(COP(=O)(O)OCC[N+](C)(C)C)NC(=O)CCCCCCCCCCCCC/C=C\C/C=C\CCCCCCC. The number of carbonyl (C=O) groups excluding carboxylic acids is 1. The van der Waals surface area contributed by atoms with Gasteiger partial charge >= 0.3 is 7.82 Å². The molecule has 0 saturated heterocycles. The highest BCUT2D eigenvalue weighted by Gasteiger charge is 2.27. The summed E-state index contributed by atoms with van der Waals surface area (Å²) in [6.45, 7) is 4.74. The Morgan fingerprint density at radius 1 is 0.576 bits per heavy atom. The van der Waals surface area contributed by atoms with E-state index in [-0.39, 0.29) is 19.1 Å². The van der Waals surface area contributed by atoms with Gasteiger partial charge in [0, 0.05) is 6.42 Å². The molecule has 0 rings (SSSR count). The lowest BCUT2D eigenvalue weighted by Gasteiger charge is -2.25. The van der Waals surface area contributed by atoms with Crippen molar-refractivity contribution in [2.75, 3.05) is 40.9 Å². The molecule has 8 nitrogen and oxygen atoms in total. The van der Waals surface area contributed by atoms with Crippen LogP contribution in [0.2, 0.25) is 0 Å². The van der Waals surface area contributed by atoms with E-state index < -0.39 is 20.0 Å². The first-order valence-electron chi connectivity index (χ1n) is 24.2. The highest BCUT2D eigenvalue weighted by molar-refractivity contribution is 7.47. The molecule has 0 heterocycles. The third kappa shape index (κ3) is 44.1. The Morgan fingerprint density at radius 3 is 1.47 bits per heavy atom. The van der Waals surface area contributed by atoms with Gasteiger partial charge < -0.3 is 19.8 Å². The normalized spacial score (nSPS) is 14.8. The lowest BCUT2D eigenvalue weighted by atomic mass is 10.0. The number of nitrogens with zero attached hydrogens (tertiary/aromatic N) is 1. The molecule has 0 fully saturated rings. The van der Waals surface area contributed by atoms with Crippen molar-refractivity contribution in [2.45, 2.75) is 212 Å². The van der Waals surface area contributed by atoms with Gasteiger partial charge in [0.15, 0.2) is 0 Å². The Balaban J connectivity index is 4.35. The average molecular weight is 850 g/mol. The van der Waals surface area contributed by atoms with Crippen LogP contribution in [0, 0.1) is 0 Å². The summed E-state index contributed by atoms with van der Waals surface area (Å²) < 4.78 is 23.6. The van der Waals surface area contributed by atoms with Crippen molar-refractivity contribution >= 4 is 13.7 Å². The molecular weight excluding hydrogens is 756 g/mol. The number of aliphatic hydroxyl groups excluding tert-OH is 1. The molecule has 344 valence electrons. The Morgan fingerprint density at radius 2 is 0.983 bits per heavy atom. The Kier molecular flexibility index (Phi) is 40.3. The van der Waals surface area contributed by atoms with Gasteiger partial charge in [0.2, 0.25) is 5.91 Å². The van der Waals surface area contributed by atoms with Crippen LogP contribution in [0.4, 0.5) is 0 Å². The maximum absolute atomic E-state index is 12.9. The number of hydrogen-bond acceptors (Lipinski definition) is 5. The fourth-order valence-corrected chi connectivity index (χ4v) is 7.31. The molecule has 9 heteroatoms. The number of carbonyl (C=O) groups is 1. The van der Waals surface area contributed by atoms with Gasteiger partial charge in [-0.3, -0.25) is 13.8 Å². The van der Waals surface area contributed by atoms with E-state index in [1.165, 1.54) is 128 Å². The molecule has 0 spiro atoms. The molecule has 0 aromatic heterocycles. The third-order valence-electron chi connectivity index (χ3n) is 10.4. The fourth-order valence-electron chi connectivity index (χ4n) is 6.57. The zero-order chi connectivity index (χ0) is 43.6. The highest BCUT2D eigenvalue weighted by atomic mass is 31.2. The van der Waals surface area contributed by atoms with Gasteiger partial charge in [-0.25, -0.2) is 4.57 Å². The van der Waals surface area contributed by atoms with Crippen LogP contribution in [0.5, 0.6) is 0 Å². The van der Waals surface area contributed by atoms with Crippen molar-refractivity contribution in [1.29, 1.82) is 0 Å². The summed E-state index contributed by atoms with van der Waals surface area (Å²) in [5, 5.41) is 13.8. The number of likely N-dealkylation sites (N-methyl/N-ethyl adjacent to an activating group) is 1. The van der Waals surface area contributed by atoms with Gasteiger partial charge in [-0.15, -0.1) is 0 Å². The third-order valence-corrected chi connectivity index (χ3v) is 11.4. The van der Waals surface area contributed by atoms with Crippen molar-refractivity contribution in [3.63, 3.8) is 0 Å². The number of hydrogen-bond donors (Lipinski definition) is 3. The summed E-state index contributed by atoms with van der Waals surface area (Å²) in [5.74, 6) is -0.196. The second-order valence-electron chi connectivity index (χ2n) is 17.5. The monoisotopic (exact) mass is 850 g/mol. The molecule has 3 N–H and O–H groups in total. The number of allylic oxidation sites excluding steroid dienone is 9. The second kappa shape index (κ2) is 41.5. The van der Waals surface area contributed by atoms with Gasteiger partial charge in [-0.1, -0.05) is 177 Å². The Bertz CT molecular complexity index is 1140. The van der Waals surface area contributed by atoms with E-state index in [1.807, 2.05) is 27.2 Å². The van der Waals surface area contributed by atoms with E-state index in [2.05, 4.69) is 67.8 Å². The Labute approximate surface area is 364 Å². The molecule has 59 heavy (non-hydrogen) atoms. The summed E-state index contributed by atoms with van der Waals surface area (Å²) in [6, 6.07) is -0.871. The summed E-state index contributed by atoms with van der Waals surface area (Å²) in [7, 11) is 1.54. The summed E-state index contributed by atoms with van der Waals surface area (Å²) in [5.41, 5.74) is 0. The van der Waals surface area contributed by atoms with Crippen LogP contribution in [0.1, 0.15) is 200 Å². The summed E-state index contributed by atoms with van der Waals surface area (Å²) in [4.78, 5) is 23.2. The zero-order valence-electron chi connectivity index (χ0n) is 39.0. The van der Waals surface area contributed by atoms with Crippen LogP contribution >= 0.6 is 7.82 Å². The van der Waals surface area contributed by atoms with E-state index in [4.69, 9.17) is 9.05 Å². The molecule has 1 amide bonds. The number of aliphatic hydroxyl groups is 1. The summed E-state index contributed by atoms with van der Waals surface area (Å²) >= 11 is 0. The topological polar surface area (TPSA) is 105 Å². The minimum Gasteiger partial charge on any atom is -0.387 e. The maximum atomic E-state index is 12.9. The maximum Gasteiger partial charge on any atom is 0.472 e. The zero-order valence-corrected chi connectivity index (χ0v) is 39.9. The number of phosphoric acid groups is 1. The van der Waals surface area contributed by atoms with Gasteiger partial charge in [-0.2, -0.15) is 0 Å². The predicted octanol–water partition coefficient (Wildman–Crippen LogP) is 13.8. The quantitative estimate of drug-likeness (QED) is 0.0244. The molecular formula is C50H94N2O6P+. The molecule has 0 saturated carbocycles. The van der Waals surface area contributed by atoms with E-state index in [9.17, 15) is 19.4 Å². The van der Waals surface area contributed by atoms with E-state index >= 15 is 0 Å². The van der Waals surface area contributed by atoms with Crippen LogP contribution in [0.3, 0.4) is 0 Å². The van der Waals surface area contributed by atoms with Crippen molar-refractivity contribution in [3.8, 4) is 0 Å². The fraction of sp³-hybridized carbons (Fsp3) is 0.780. The number of amides is 1. The van der Waals surface area contributed by atoms with Gasteiger partial charge in [0.1, 0.15) is 13.2 Å². The standard InChI is InChI=1S/C50H93N2O6P/c1-6-8-10-12-14-16-18-20-22-23-24-25-26-27-28-29-30-32-34-36-38-40-42-44-50(54)51-48(47-58-59(55,56)57-46-45-52(3,4)5)49(53)43-41-39-37-35-33-31-21-19-17-15-13-11-9-7-2/h17-20,23-24,33,35,41,43,48-49,53H,6-16,21-22,25-32,34,36-40,42,44-47H2,1-5H3,(H-,51,54,55,56)/p+1/b19-17+,20-18-,24-23-,35-33+,43-41+. The molecule has 3 unspecified atom stereocenters. The molecule has 0 aliphatic carbocycles. The lowest BCUT2D eigenvalue weighted by molar-refractivity contribution is -0.870. The van der Waals surface area contributed by atoms with Crippen LogP contribution in [-0.4, -0.2) is 73.4 Å². The predicted molar refractivity (Wildman–Crippen MR) is 254 cm³/mol. The molecule has 0 aliphatic rings. The average Bonchev–Trinajstić information content (AvgIpc) is 3.19. The first-order chi connectivity index (χ1) is 28.5. The molecule has 0 aromatic rings. The van der Waals surface area contributed by atoms with E-state index in [0.29, 0.717) is 17.4 Å². The number of quaternary nitrogens is 1. The number of rotatable bonds is 43. The largest absolute Gasteiger partial charge is 0.472 e. The molecule has 0 aromatic carbocycles. The second-order valence-corrected chi connectivity index (χ2v) is 18.9.